The van der Waals surface area contributed by atoms with Gasteiger partial charge in [-0.15, -0.1) is 0 Å². The van der Waals surface area contributed by atoms with Crippen LogP contribution in [0.25, 0.3) is 0 Å². The van der Waals surface area contributed by atoms with Crippen molar-refractivity contribution in [3.8, 4) is 5.75 Å². The molecule has 1 unspecified atom stereocenters. The highest BCUT2D eigenvalue weighted by atomic mass is 35.5. The number of ether oxygens (including phenoxy) is 1. The van der Waals surface area contributed by atoms with Gasteiger partial charge in [-0.05, 0) is 61.5 Å². The molecule has 0 aliphatic carbocycles. The summed E-state index contributed by atoms with van der Waals surface area (Å²) in [5.74, 6) is 0.0927. The van der Waals surface area contributed by atoms with E-state index in [1.807, 2.05) is 30.3 Å². The molecule has 0 saturated carbocycles. The molecule has 28 heavy (non-hydrogen) atoms. The fraction of sp³-hybridized carbons (Fsp3) is 0.0952. The van der Waals surface area contributed by atoms with Crippen molar-refractivity contribution < 1.29 is 9.53 Å². The van der Waals surface area contributed by atoms with Crippen molar-refractivity contribution in [3.05, 3.63) is 82.8 Å². The largest absolute Gasteiger partial charge is 0.479 e. The number of hydrogen-bond donors (Lipinski definition) is 1. The molecule has 0 aromatic heterocycles. The van der Waals surface area contributed by atoms with E-state index < -0.39 is 6.10 Å². The highest BCUT2D eigenvalue weighted by Crippen LogP contribution is 2.28. The van der Waals surface area contributed by atoms with Crippen molar-refractivity contribution in [3.63, 3.8) is 0 Å². The van der Waals surface area contributed by atoms with Crippen LogP contribution in [-0.4, -0.2) is 12.0 Å². The van der Waals surface area contributed by atoms with Gasteiger partial charge < -0.3 is 10.1 Å². The summed E-state index contributed by atoms with van der Waals surface area (Å²) in [6.07, 6.45) is -0.740. The molecule has 0 spiro atoms. The normalized spacial score (nSPS) is 12.0. The molecule has 142 valence electrons. The highest BCUT2D eigenvalue weighted by Gasteiger charge is 2.16. The van der Waals surface area contributed by atoms with Crippen LogP contribution in [0.1, 0.15) is 6.92 Å². The van der Waals surface area contributed by atoms with Crippen LogP contribution in [0.5, 0.6) is 5.75 Å². The lowest BCUT2D eigenvalue weighted by atomic mass is 10.2. The second kappa shape index (κ2) is 9.35. The summed E-state index contributed by atoms with van der Waals surface area (Å²) >= 11 is 11.9. The quantitative estimate of drug-likeness (QED) is 0.450. The first-order valence-corrected chi connectivity index (χ1v) is 9.26. The average Bonchev–Trinajstić information content (AvgIpc) is 2.70. The van der Waals surface area contributed by atoms with Crippen molar-refractivity contribution in [2.75, 3.05) is 5.32 Å². The molecule has 1 amide bonds. The number of halogens is 2. The number of carbonyl (C=O) groups excluding carboxylic acids is 1. The van der Waals surface area contributed by atoms with E-state index in [9.17, 15) is 4.79 Å². The average molecular weight is 414 g/mol. The molecule has 0 bridgehead atoms. The van der Waals surface area contributed by atoms with Gasteiger partial charge in [-0.25, -0.2) is 0 Å². The van der Waals surface area contributed by atoms with E-state index in [1.165, 1.54) is 0 Å². The number of benzene rings is 3. The maximum atomic E-state index is 12.3. The van der Waals surface area contributed by atoms with Crippen LogP contribution in [0.3, 0.4) is 0 Å². The molecular formula is C21H17Cl2N3O2. The van der Waals surface area contributed by atoms with Gasteiger partial charge >= 0.3 is 0 Å². The molecule has 1 atom stereocenters. The van der Waals surface area contributed by atoms with Gasteiger partial charge in [0.25, 0.3) is 5.91 Å². The molecular weight excluding hydrogens is 397 g/mol. The molecule has 3 rings (SSSR count). The third-order valence-corrected chi connectivity index (χ3v) is 4.27. The number of anilines is 1. The van der Waals surface area contributed by atoms with Crippen molar-refractivity contribution in [2.45, 2.75) is 13.0 Å². The van der Waals surface area contributed by atoms with Gasteiger partial charge in [0, 0.05) is 10.7 Å². The highest BCUT2D eigenvalue weighted by molar-refractivity contribution is 6.35. The Morgan fingerprint density at radius 1 is 0.929 bits per heavy atom. The van der Waals surface area contributed by atoms with Gasteiger partial charge in [-0.3, -0.25) is 4.79 Å². The zero-order valence-corrected chi connectivity index (χ0v) is 16.5. The maximum Gasteiger partial charge on any atom is 0.265 e. The van der Waals surface area contributed by atoms with E-state index in [4.69, 9.17) is 27.9 Å². The Hall–Kier alpha value is -2.89. The molecule has 3 aromatic carbocycles. The van der Waals surface area contributed by atoms with E-state index in [-0.39, 0.29) is 5.91 Å². The lowest BCUT2D eigenvalue weighted by Crippen LogP contribution is -2.30. The van der Waals surface area contributed by atoms with Crippen LogP contribution in [0.2, 0.25) is 10.0 Å². The van der Waals surface area contributed by atoms with Crippen LogP contribution < -0.4 is 10.1 Å². The number of rotatable bonds is 6. The molecule has 5 nitrogen and oxygen atoms in total. The van der Waals surface area contributed by atoms with E-state index in [0.717, 1.165) is 5.69 Å². The summed E-state index contributed by atoms with van der Waals surface area (Å²) in [7, 11) is 0. The Balaban J connectivity index is 1.58. The third kappa shape index (κ3) is 5.55. The summed E-state index contributed by atoms with van der Waals surface area (Å²) in [6.45, 7) is 1.64. The minimum absolute atomic E-state index is 0.301. The SMILES string of the molecule is CC(Oc1ccc(Cl)cc1Cl)C(=O)Nc1ccc(N=Nc2ccccc2)cc1. The van der Waals surface area contributed by atoms with Crippen molar-refractivity contribution >= 4 is 46.2 Å². The summed E-state index contributed by atoms with van der Waals surface area (Å²) in [6, 6.07) is 21.3. The summed E-state index contributed by atoms with van der Waals surface area (Å²) < 4.78 is 5.61. The molecule has 7 heteroatoms. The van der Waals surface area contributed by atoms with Crippen LogP contribution in [-0.2, 0) is 4.79 Å². The van der Waals surface area contributed by atoms with Gasteiger partial charge in [0.05, 0.1) is 16.4 Å². The number of hydrogen-bond acceptors (Lipinski definition) is 4. The number of nitrogens with one attached hydrogen (secondary N) is 1. The fourth-order valence-corrected chi connectivity index (χ4v) is 2.73. The molecule has 3 aromatic rings. The van der Waals surface area contributed by atoms with E-state index >= 15 is 0 Å². The van der Waals surface area contributed by atoms with Gasteiger partial charge in [-0.2, -0.15) is 10.2 Å². The Bertz CT molecular complexity index is 977. The minimum Gasteiger partial charge on any atom is -0.479 e. The fourth-order valence-electron chi connectivity index (χ4n) is 2.28. The van der Waals surface area contributed by atoms with Crippen molar-refractivity contribution in [1.82, 2.24) is 0 Å². The van der Waals surface area contributed by atoms with Gasteiger partial charge in [0.15, 0.2) is 6.10 Å². The lowest BCUT2D eigenvalue weighted by Gasteiger charge is -2.15. The Morgan fingerprint density at radius 2 is 1.57 bits per heavy atom. The van der Waals surface area contributed by atoms with E-state index in [2.05, 4.69) is 15.5 Å². The molecule has 0 aliphatic heterocycles. The molecule has 0 fully saturated rings. The molecule has 0 radical (unpaired) electrons. The summed E-state index contributed by atoms with van der Waals surface area (Å²) in [5, 5.41) is 12.0. The van der Waals surface area contributed by atoms with Gasteiger partial charge in [0.1, 0.15) is 5.75 Å². The molecule has 0 heterocycles. The van der Waals surface area contributed by atoms with Crippen LogP contribution in [0.4, 0.5) is 17.1 Å². The second-order valence-corrected chi connectivity index (χ2v) is 6.75. The first-order chi connectivity index (χ1) is 13.5. The van der Waals surface area contributed by atoms with E-state index in [1.54, 1.807) is 49.4 Å². The smallest absolute Gasteiger partial charge is 0.265 e. The van der Waals surface area contributed by atoms with Crippen LogP contribution in [0, 0.1) is 0 Å². The van der Waals surface area contributed by atoms with Gasteiger partial charge in [-0.1, -0.05) is 41.4 Å². The summed E-state index contributed by atoms with van der Waals surface area (Å²) in [5.41, 5.74) is 2.08. The Morgan fingerprint density at radius 3 is 2.21 bits per heavy atom. The van der Waals surface area contributed by atoms with Gasteiger partial charge in [0.2, 0.25) is 0 Å². The van der Waals surface area contributed by atoms with Crippen molar-refractivity contribution in [1.29, 1.82) is 0 Å². The number of nitrogens with zero attached hydrogens (tertiary/aromatic N) is 2. The van der Waals surface area contributed by atoms with Crippen LogP contribution >= 0.6 is 23.2 Å². The second-order valence-electron chi connectivity index (χ2n) is 5.91. The first kappa shape index (κ1) is 19.9. The number of azo groups is 1. The first-order valence-electron chi connectivity index (χ1n) is 8.51. The Kier molecular flexibility index (Phi) is 6.63. The molecule has 0 saturated heterocycles. The topological polar surface area (TPSA) is 63.0 Å². The van der Waals surface area contributed by atoms with E-state index in [0.29, 0.717) is 27.2 Å². The molecule has 0 aliphatic rings. The van der Waals surface area contributed by atoms with Crippen molar-refractivity contribution in [2.24, 2.45) is 10.2 Å². The monoisotopic (exact) mass is 413 g/mol. The summed E-state index contributed by atoms with van der Waals surface area (Å²) in [4.78, 5) is 12.3. The maximum absolute atomic E-state index is 12.3. The minimum atomic E-state index is -0.740. The molecule has 1 N–H and O–H groups in total. The standard InChI is InChI=1S/C21H17Cl2N3O2/c1-14(28-20-12-7-15(22)13-19(20)23)21(27)24-16-8-10-18(11-9-16)26-25-17-5-3-2-4-6-17/h2-14H,1H3,(H,24,27). The number of carbonyl (C=O) groups is 1. The van der Waals surface area contributed by atoms with Crippen LogP contribution in [0.15, 0.2) is 83.0 Å². The predicted molar refractivity (Wildman–Crippen MR) is 112 cm³/mol. The lowest BCUT2D eigenvalue weighted by molar-refractivity contribution is -0.122. The Labute approximate surface area is 173 Å². The predicted octanol–water partition coefficient (Wildman–Crippen LogP) is 6.81. The zero-order valence-electron chi connectivity index (χ0n) is 15.0. The number of amides is 1. The zero-order chi connectivity index (χ0) is 19.9. The third-order valence-electron chi connectivity index (χ3n) is 3.74.